The number of benzene rings is 2. The smallest absolute Gasteiger partial charge is 0.308 e. The average molecular weight is 350 g/mol. The van der Waals surface area contributed by atoms with E-state index in [1.165, 1.54) is 18.2 Å². The predicted octanol–water partition coefficient (Wildman–Crippen LogP) is 4.43. The molecule has 1 aliphatic rings. The number of ether oxygens (including phenoxy) is 1. The van der Waals surface area contributed by atoms with E-state index in [0.29, 0.717) is 11.7 Å². The van der Waals surface area contributed by atoms with E-state index in [9.17, 15) is 4.79 Å². The maximum absolute atomic E-state index is 11.3. The molecule has 0 fully saturated rings. The second kappa shape index (κ2) is 7.75. The first-order valence-corrected chi connectivity index (χ1v) is 8.96. The van der Waals surface area contributed by atoms with Crippen LogP contribution in [0.15, 0.2) is 42.5 Å². The molecule has 1 heterocycles. The molecule has 1 unspecified atom stereocenters. The number of fused-ring (bicyclic) bond motifs is 2. The zero-order valence-corrected chi connectivity index (χ0v) is 15.9. The number of rotatable bonds is 5. The van der Waals surface area contributed by atoms with Gasteiger partial charge in [-0.1, -0.05) is 37.3 Å². The Kier molecular flexibility index (Phi) is 5.43. The fourth-order valence-electron chi connectivity index (χ4n) is 3.51. The normalized spacial score (nSPS) is 13.8. The number of para-hydroxylation sites is 1. The van der Waals surface area contributed by atoms with Gasteiger partial charge in [-0.05, 0) is 49.8 Å². The van der Waals surface area contributed by atoms with Crippen molar-refractivity contribution in [3.63, 3.8) is 0 Å². The third-order valence-corrected chi connectivity index (χ3v) is 4.39. The molecule has 2 aromatic carbocycles. The summed E-state index contributed by atoms with van der Waals surface area (Å²) < 4.78 is 5.27. The lowest BCUT2D eigenvalue weighted by Gasteiger charge is -2.30. The molecular formula is C22H26N2O2. The summed E-state index contributed by atoms with van der Waals surface area (Å²) in [4.78, 5) is 15.9. The standard InChI is InChI=1S/C22H26N2O2/c1-16(14-23(3)4)15-24-21-8-6-5-7-18(21)9-10-19-13-20(26-17(2)25)11-12-22(19)24/h5-13,16H,14-15H2,1-4H3. The van der Waals surface area contributed by atoms with Crippen molar-refractivity contribution in [2.45, 2.75) is 13.8 Å². The van der Waals surface area contributed by atoms with Gasteiger partial charge < -0.3 is 14.5 Å². The zero-order valence-electron chi connectivity index (χ0n) is 15.9. The van der Waals surface area contributed by atoms with Crippen LogP contribution in [-0.2, 0) is 4.79 Å². The number of carbonyl (C=O) groups excluding carboxylic acids is 1. The lowest BCUT2D eigenvalue weighted by molar-refractivity contribution is -0.131. The van der Waals surface area contributed by atoms with Crippen molar-refractivity contribution in [2.24, 2.45) is 5.92 Å². The molecule has 0 aromatic heterocycles. The topological polar surface area (TPSA) is 32.8 Å². The first-order valence-electron chi connectivity index (χ1n) is 8.96. The summed E-state index contributed by atoms with van der Waals surface area (Å²) in [5.41, 5.74) is 4.58. The molecule has 0 N–H and O–H groups in total. The Balaban J connectivity index is 2.02. The highest BCUT2D eigenvalue weighted by molar-refractivity contribution is 5.89. The lowest BCUT2D eigenvalue weighted by Crippen LogP contribution is -2.30. The summed E-state index contributed by atoms with van der Waals surface area (Å²) in [6.45, 7) is 5.63. The number of carbonyl (C=O) groups is 1. The van der Waals surface area contributed by atoms with Gasteiger partial charge in [-0.25, -0.2) is 0 Å². The quantitative estimate of drug-likeness (QED) is 0.590. The van der Waals surface area contributed by atoms with Gasteiger partial charge >= 0.3 is 5.97 Å². The molecule has 0 saturated heterocycles. The van der Waals surface area contributed by atoms with Gasteiger partial charge in [-0.2, -0.15) is 0 Å². The van der Waals surface area contributed by atoms with Crippen LogP contribution in [0.1, 0.15) is 25.0 Å². The Labute approximate surface area is 155 Å². The summed E-state index contributed by atoms with van der Waals surface area (Å²) >= 11 is 0. The summed E-state index contributed by atoms with van der Waals surface area (Å²) in [7, 11) is 4.21. The largest absolute Gasteiger partial charge is 0.427 e. The van der Waals surface area contributed by atoms with E-state index in [2.05, 4.69) is 67.2 Å². The zero-order chi connectivity index (χ0) is 18.7. The molecule has 4 heteroatoms. The molecule has 1 aliphatic heterocycles. The van der Waals surface area contributed by atoms with Crippen LogP contribution in [-0.4, -0.2) is 38.1 Å². The van der Waals surface area contributed by atoms with E-state index >= 15 is 0 Å². The van der Waals surface area contributed by atoms with E-state index in [0.717, 1.165) is 24.3 Å². The van der Waals surface area contributed by atoms with E-state index in [-0.39, 0.29) is 5.97 Å². The first kappa shape index (κ1) is 18.2. The number of anilines is 2. The Morgan fingerprint density at radius 1 is 1.08 bits per heavy atom. The minimum absolute atomic E-state index is 0.303. The minimum atomic E-state index is -0.303. The fourth-order valence-corrected chi connectivity index (χ4v) is 3.51. The first-order chi connectivity index (χ1) is 12.4. The number of hydrogen-bond acceptors (Lipinski definition) is 4. The molecule has 0 saturated carbocycles. The third kappa shape index (κ3) is 4.14. The van der Waals surface area contributed by atoms with E-state index in [1.54, 1.807) is 0 Å². The van der Waals surface area contributed by atoms with E-state index in [1.807, 2.05) is 18.2 Å². The molecular weight excluding hydrogens is 324 g/mol. The van der Waals surface area contributed by atoms with Gasteiger partial charge in [0.15, 0.2) is 0 Å². The fraction of sp³-hybridized carbons (Fsp3) is 0.318. The summed E-state index contributed by atoms with van der Waals surface area (Å²) in [6, 6.07) is 14.3. The van der Waals surface area contributed by atoms with Crippen LogP contribution in [0.3, 0.4) is 0 Å². The van der Waals surface area contributed by atoms with Crippen LogP contribution in [0.2, 0.25) is 0 Å². The molecule has 0 amide bonds. The third-order valence-electron chi connectivity index (χ3n) is 4.39. The Bertz CT molecular complexity index is 827. The highest BCUT2D eigenvalue weighted by Gasteiger charge is 2.20. The van der Waals surface area contributed by atoms with Crippen LogP contribution < -0.4 is 9.64 Å². The second-order valence-electron chi connectivity index (χ2n) is 7.18. The van der Waals surface area contributed by atoms with Crippen LogP contribution in [0.25, 0.3) is 12.2 Å². The minimum Gasteiger partial charge on any atom is -0.427 e. The molecule has 4 nitrogen and oxygen atoms in total. The van der Waals surface area contributed by atoms with Crippen molar-refractivity contribution >= 4 is 29.5 Å². The maximum Gasteiger partial charge on any atom is 0.308 e. The van der Waals surface area contributed by atoms with E-state index < -0.39 is 0 Å². The molecule has 0 aliphatic carbocycles. The predicted molar refractivity (Wildman–Crippen MR) is 108 cm³/mol. The van der Waals surface area contributed by atoms with Crippen LogP contribution >= 0.6 is 0 Å². The molecule has 0 spiro atoms. The summed E-state index contributed by atoms with van der Waals surface area (Å²) in [5.74, 6) is 0.771. The van der Waals surface area contributed by atoms with Gasteiger partial charge in [-0.3, -0.25) is 4.79 Å². The molecule has 1 atom stereocenters. The Morgan fingerprint density at radius 2 is 1.77 bits per heavy atom. The van der Waals surface area contributed by atoms with Gasteiger partial charge in [0, 0.05) is 37.0 Å². The van der Waals surface area contributed by atoms with Crippen molar-refractivity contribution in [1.29, 1.82) is 0 Å². The number of esters is 1. The molecule has 2 aromatic rings. The van der Waals surface area contributed by atoms with Crippen LogP contribution in [0, 0.1) is 5.92 Å². The van der Waals surface area contributed by atoms with Crippen LogP contribution in [0.5, 0.6) is 5.75 Å². The SMILES string of the molecule is CC(=O)Oc1ccc2c(c1)C=Cc1ccccc1N2CC(C)CN(C)C. The van der Waals surface area contributed by atoms with Crippen molar-refractivity contribution in [1.82, 2.24) is 4.90 Å². The Morgan fingerprint density at radius 3 is 2.50 bits per heavy atom. The monoisotopic (exact) mass is 350 g/mol. The van der Waals surface area contributed by atoms with Crippen molar-refractivity contribution in [3.8, 4) is 5.75 Å². The van der Waals surface area contributed by atoms with Gasteiger partial charge in [-0.15, -0.1) is 0 Å². The lowest BCUT2D eigenvalue weighted by atomic mass is 10.1. The molecule has 26 heavy (non-hydrogen) atoms. The maximum atomic E-state index is 11.3. The molecule has 0 radical (unpaired) electrons. The number of nitrogens with zero attached hydrogens (tertiary/aromatic N) is 2. The summed E-state index contributed by atoms with van der Waals surface area (Å²) in [6.07, 6.45) is 4.22. The Hall–Kier alpha value is -2.59. The van der Waals surface area contributed by atoms with Crippen molar-refractivity contribution < 1.29 is 9.53 Å². The second-order valence-corrected chi connectivity index (χ2v) is 7.18. The van der Waals surface area contributed by atoms with Crippen molar-refractivity contribution in [3.05, 3.63) is 53.6 Å². The van der Waals surface area contributed by atoms with Crippen molar-refractivity contribution in [2.75, 3.05) is 32.1 Å². The van der Waals surface area contributed by atoms with E-state index in [4.69, 9.17) is 4.74 Å². The van der Waals surface area contributed by atoms with Gasteiger partial charge in [0.2, 0.25) is 0 Å². The van der Waals surface area contributed by atoms with Gasteiger partial charge in [0.05, 0.1) is 0 Å². The molecule has 3 rings (SSSR count). The molecule has 136 valence electrons. The van der Waals surface area contributed by atoms with Gasteiger partial charge in [0.25, 0.3) is 0 Å². The van der Waals surface area contributed by atoms with Gasteiger partial charge in [0.1, 0.15) is 5.75 Å². The number of hydrogen-bond donors (Lipinski definition) is 0. The highest BCUT2D eigenvalue weighted by atomic mass is 16.5. The summed E-state index contributed by atoms with van der Waals surface area (Å²) in [5, 5.41) is 0. The average Bonchev–Trinajstić information content (AvgIpc) is 2.71. The molecule has 0 bridgehead atoms. The van der Waals surface area contributed by atoms with Crippen LogP contribution in [0.4, 0.5) is 11.4 Å². The highest BCUT2D eigenvalue weighted by Crippen LogP contribution is 2.38.